The maximum atomic E-state index is 12.9. The van der Waals surface area contributed by atoms with Crippen LogP contribution in [0.5, 0.6) is 0 Å². The van der Waals surface area contributed by atoms with E-state index in [4.69, 9.17) is 4.52 Å². The third-order valence-electron chi connectivity index (χ3n) is 4.84. The van der Waals surface area contributed by atoms with Crippen molar-refractivity contribution >= 4 is 16.8 Å². The number of para-hydroxylation sites is 1. The quantitative estimate of drug-likeness (QED) is 0.533. The third-order valence-corrected chi connectivity index (χ3v) is 4.84. The Morgan fingerprint density at radius 2 is 1.83 bits per heavy atom. The van der Waals surface area contributed by atoms with E-state index >= 15 is 0 Å². The van der Waals surface area contributed by atoms with Crippen LogP contribution in [0.15, 0.2) is 70.0 Å². The van der Waals surface area contributed by atoms with Gasteiger partial charge in [-0.15, -0.1) is 0 Å². The first-order valence-electron chi connectivity index (χ1n) is 9.80. The van der Waals surface area contributed by atoms with Crippen LogP contribution in [0.2, 0.25) is 0 Å². The van der Waals surface area contributed by atoms with Crippen LogP contribution in [-0.2, 0) is 17.9 Å². The molecule has 1 N–H and O–H groups in total. The van der Waals surface area contributed by atoms with Gasteiger partial charge in [0.1, 0.15) is 6.54 Å². The van der Waals surface area contributed by atoms with Crippen molar-refractivity contribution in [1.82, 2.24) is 20.0 Å². The lowest BCUT2D eigenvalue weighted by atomic mass is 10.1. The molecular formula is C23H22N4O3. The number of carbonyl (C=O) groups excluding carboxylic acids is 1. The van der Waals surface area contributed by atoms with Gasteiger partial charge >= 0.3 is 0 Å². The summed E-state index contributed by atoms with van der Waals surface area (Å²) >= 11 is 0. The van der Waals surface area contributed by atoms with E-state index in [1.165, 1.54) is 10.6 Å². The van der Waals surface area contributed by atoms with E-state index in [0.717, 1.165) is 10.9 Å². The highest BCUT2D eigenvalue weighted by atomic mass is 16.5. The summed E-state index contributed by atoms with van der Waals surface area (Å²) < 4.78 is 6.85. The Morgan fingerprint density at radius 3 is 2.57 bits per heavy atom. The van der Waals surface area contributed by atoms with E-state index < -0.39 is 0 Å². The smallest absolute Gasteiger partial charge is 0.258 e. The number of carbonyl (C=O) groups is 1. The van der Waals surface area contributed by atoms with E-state index in [1.807, 2.05) is 68.4 Å². The highest BCUT2D eigenvalue weighted by molar-refractivity contribution is 5.93. The van der Waals surface area contributed by atoms with Crippen LogP contribution in [0.4, 0.5) is 0 Å². The second kappa shape index (κ2) is 8.32. The topological polar surface area (TPSA) is 90.0 Å². The van der Waals surface area contributed by atoms with Gasteiger partial charge in [0.25, 0.3) is 11.4 Å². The number of benzene rings is 2. The lowest BCUT2D eigenvalue weighted by molar-refractivity contribution is -0.121. The second-order valence-electron chi connectivity index (χ2n) is 7.37. The van der Waals surface area contributed by atoms with Crippen molar-refractivity contribution in [2.75, 3.05) is 0 Å². The number of hydrogen-bond donors (Lipinski definition) is 1. The van der Waals surface area contributed by atoms with E-state index in [1.54, 1.807) is 0 Å². The fraction of sp³-hybridized carbons (Fsp3) is 0.217. The summed E-state index contributed by atoms with van der Waals surface area (Å²) in [5, 5.41) is 7.63. The molecule has 0 radical (unpaired) electrons. The maximum Gasteiger partial charge on any atom is 0.258 e. The van der Waals surface area contributed by atoms with Gasteiger partial charge in [-0.3, -0.25) is 14.2 Å². The van der Waals surface area contributed by atoms with Crippen molar-refractivity contribution in [2.24, 2.45) is 0 Å². The number of fused-ring (bicyclic) bond motifs is 1. The van der Waals surface area contributed by atoms with E-state index in [0.29, 0.717) is 29.3 Å². The summed E-state index contributed by atoms with van der Waals surface area (Å²) in [6.45, 7) is 4.27. The van der Waals surface area contributed by atoms with Crippen LogP contribution < -0.4 is 10.9 Å². The molecule has 7 nitrogen and oxygen atoms in total. The molecule has 2 aromatic heterocycles. The average molecular weight is 402 g/mol. The van der Waals surface area contributed by atoms with Gasteiger partial charge in [-0.05, 0) is 11.6 Å². The molecule has 0 spiro atoms. The van der Waals surface area contributed by atoms with Gasteiger partial charge < -0.3 is 9.84 Å². The molecule has 152 valence electrons. The van der Waals surface area contributed by atoms with Crippen LogP contribution in [0.3, 0.4) is 0 Å². The number of rotatable bonds is 6. The molecule has 0 aliphatic carbocycles. The normalized spacial score (nSPS) is 11.2. The minimum atomic E-state index is -0.303. The van der Waals surface area contributed by atoms with Crippen LogP contribution in [0.25, 0.3) is 22.4 Å². The number of hydrogen-bond acceptors (Lipinski definition) is 5. The molecule has 4 aromatic rings. The summed E-state index contributed by atoms with van der Waals surface area (Å²) in [6, 6.07) is 18.5. The van der Waals surface area contributed by atoms with Crippen molar-refractivity contribution in [3.8, 4) is 11.5 Å². The molecule has 0 aliphatic heterocycles. The number of nitrogens with one attached hydrogen (secondary N) is 1. The number of aromatic nitrogens is 3. The molecule has 0 fully saturated rings. The zero-order valence-corrected chi connectivity index (χ0v) is 16.8. The Balaban J connectivity index is 1.65. The van der Waals surface area contributed by atoms with E-state index in [2.05, 4.69) is 15.5 Å². The SMILES string of the molecule is CC(C)c1noc(-c2cc(=O)n(CC(=O)NCc3ccccc3)c3ccccc23)n1. The zero-order chi connectivity index (χ0) is 21.1. The monoisotopic (exact) mass is 402 g/mol. The standard InChI is InChI=1S/C23H22N4O3/c1-15(2)22-25-23(30-26-22)18-12-21(29)27(19-11-7-6-10-17(18)19)14-20(28)24-13-16-8-4-3-5-9-16/h3-12,15H,13-14H2,1-2H3,(H,24,28). The van der Waals surface area contributed by atoms with Crippen LogP contribution in [0.1, 0.15) is 31.2 Å². The number of pyridine rings is 1. The summed E-state index contributed by atoms with van der Waals surface area (Å²) in [6.07, 6.45) is 0. The Morgan fingerprint density at radius 1 is 1.10 bits per heavy atom. The molecule has 0 bridgehead atoms. The van der Waals surface area contributed by atoms with Crippen molar-refractivity contribution in [3.05, 3.63) is 82.4 Å². The van der Waals surface area contributed by atoms with Gasteiger partial charge in [-0.1, -0.05) is 67.5 Å². The van der Waals surface area contributed by atoms with Crippen LogP contribution in [-0.4, -0.2) is 20.6 Å². The second-order valence-corrected chi connectivity index (χ2v) is 7.37. The minimum Gasteiger partial charge on any atom is -0.350 e. The highest BCUT2D eigenvalue weighted by Gasteiger charge is 2.18. The Kier molecular flexibility index (Phi) is 5.43. The Bertz CT molecular complexity index is 1240. The minimum absolute atomic E-state index is 0.0759. The molecule has 0 unspecified atom stereocenters. The lowest BCUT2D eigenvalue weighted by Crippen LogP contribution is -2.32. The molecule has 7 heteroatoms. The molecule has 2 aromatic carbocycles. The van der Waals surface area contributed by atoms with Gasteiger partial charge in [-0.2, -0.15) is 4.98 Å². The van der Waals surface area contributed by atoms with Gasteiger partial charge in [0, 0.05) is 23.9 Å². The van der Waals surface area contributed by atoms with Crippen molar-refractivity contribution in [1.29, 1.82) is 0 Å². The van der Waals surface area contributed by atoms with Crippen molar-refractivity contribution < 1.29 is 9.32 Å². The van der Waals surface area contributed by atoms with Crippen molar-refractivity contribution in [3.63, 3.8) is 0 Å². The number of amides is 1. The van der Waals surface area contributed by atoms with Gasteiger partial charge in [0.15, 0.2) is 5.82 Å². The molecule has 4 rings (SSSR count). The first-order chi connectivity index (χ1) is 14.5. The van der Waals surface area contributed by atoms with Crippen molar-refractivity contribution in [2.45, 2.75) is 32.9 Å². The highest BCUT2D eigenvalue weighted by Crippen LogP contribution is 2.27. The zero-order valence-electron chi connectivity index (χ0n) is 16.8. The predicted molar refractivity (Wildman–Crippen MR) is 114 cm³/mol. The first-order valence-corrected chi connectivity index (χ1v) is 9.80. The number of nitrogens with zero attached hydrogens (tertiary/aromatic N) is 3. The molecule has 0 aliphatic rings. The largest absolute Gasteiger partial charge is 0.350 e. The molecular weight excluding hydrogens is 380 g/mol. The van der Waals surface area contributed by atoms with Crippen LogP contribution >= 0.6 is 0 Å². The van der Waals surface area contributed by atoms with Gasteiger partial charge in [-0.25, -0.2) is 0 Å². The fourth-order valence-electron chi connectivity index (χ4n) is 3.25. The third kappa shape index (κ3) is 4.00. The summed E-state index contributed by atoms with van der Waals surface area (Å²) in [7, 11) is 0. The maximum absolute atomic E-state index is 12.9. The molecule has 0 atom stereocenters. The molecule has 0 saturated heterocycles. The summed E-state index contributed by atoms with van der Waals surface area (Å²) in [5.41, 5.74) is 1.90. The fourth-order valence-corrected chi connectivity index (χ4v) is 3.25. The first kappa shape index (κ1) is 19.6. The Labute approximate surface area is 173 Å². The van der Waals surface area contributed by atoms with Crippen LogP contribution in [0, 0.1) is 0 Å². The molecule has 30 heavy (non-hydrogen) atoms. The molecule has 2 heterocycles. The van der Waals surface area contributed by atoms with E-state index in [-0.39, 0.29) is 23.9 Å². The Hall–Kier alpha value is -3.74. The molecule has 0 saturated carbocycles. The lowest BCUT2D eigenvalue weighted by Gasteiger charge is -2.12. The molecule has 1 amide bonds. The average Bonchev–Trinajstić information content (AvgIpc) is 3.25. The predicted octanol–water partition coefficient (Wildman–Crippen LogP) is 3.49. The summed E-state index contributed by atoms with van der Waals surface area (Å²) in [5.74, 6) is 0.757. The van der Waals surface area contributed by atoms with Gasteiger partial charge in [0.05, 0.1) is 11.1 Å². The van der Waals surface area contributed by atoms with E-state index in [9.17, 15) is 9.59 Å². The van der Waals surface area contributed by atoms with Gasteiger partial charge in [0.2, 0.25) is 5.91 Å². The summed E-state index contributed by atoms with van der Waals surface area (Å²) in [4.78, 5) is 29.8.